The molecule has 5 heteroatoms. The second kappa shape index (κ2) is 8.30. The van der Waals surface area contributed by atoms with Gasteiger partial charge in [-0.1, -0.05) is 30.3 Å². The zero-order chi connectivity index (χ0) is 17.8. The van der Waals surface area contributed by atoms with E-state index >= 15 is 0 Å². The van der Waals surface area contributed by atoms with Crippen molar-refractivity contribution < 1.29 is 9.90 Å². The number of hydrogen-bond acceptors (Lipinski definition) is 4. The molecule has 1 aromatic rings. The van der Waals surface area contributed by atoms with E-state index in [0.717, 1.165) is 38.9 Å². The van der Waals surface area contributed by atoms with E-state index in [1.54, 1.807) is 0 Å². The minimum absolute atomic E-state index is 0.0667. The third kappa shape index (κ3) is 5.27. The van der Waals surface area contributed by atoms with Crippen LogP contribution in [0.25, 0.3) is 0 Å². The van der Waals surface area contributed by atoms with Gasteiger partial charge in [0.25, 0.3) is 0 Å². The number of amides is 1. The topological polar surface area (TPSA) is 55.8 Å². The zero-order valence-corrected chi connectivity index (χ0v) is 15.4. The maximum absolute atomic E-state index is 12.5. The third-order valence-electron chi connectivity index (χ3n) is 5.55. The van der Waals surface area contributed by atoms with E-state index in [4.69, 9.17) is 0 Å². The molecule has 2 fully saturated rings. The quantitative estimate of drug-likeness (QED) is 0.749. The van der Waals surface area contributed by atoms with Crippen LogP contribution in [0, 0.1) is 5.92 Å². The summed E-state index contributed by atoms with van der Waals surface area (Å²) in [6, 6.07) is 10.5. The zero-order valence-electron chi connectivity index (χ0n) is 15.4. The molecule has 1 amide bonds. The smallest absolute Gasteiger partial charge is 0.237 e. The van der Waals surface area contributed by atoms with Crippen LogP contribution in [0.5, 0.6) is 0 Å². The molecule has 3 rings (SSSR count). The third-order valence-corrected chi connectivity index (χ3v) is 5.55. The summed E-state index contributed by atoms with van der Waals surface area (Å²) in [4.78, 5) is 16.9. The Morgan fingerprint density at radius 1 is 1.32 bits per heavy atom. The first-order valence-electron chi connectivity index (χ1n) is 9.48. The molecule has 0 radical (unpaired) electrons. The molecule has 138 valence electrons. The Hall–Kier alpha value is -1.43. The van der Waals surface area contributed by atoms with Crippen molar-refractivity contribution in [1.29, 1.82) is 0 Å². The van der Waals surface area contributed by atoms with Crippen LogP contribution in [0.15, 0.2) is 30.3 Å². The summed E-state index contributed by atoms with van der Waals surface area (Å²) in [6.45, 7) is 5.36. The largest absolute Gasteiger partial charge is 0.392 e. The van der Waals surface area contributed by atoms with Crippen LogP contribution in [0.2, 0.25) is 0 Å². The molecule has 0 aromatic heterocycles. The number of carbonyl (C=O) groups is 1. The predicted octanol–water partition coefficient (Wildman–Crippen LogP) is 1.47. The van der Waals surface area contributed by atoms with Crippen molar-refractivity contribution in [2.24, 2.45) is 5.92 Å². The normalized spacial score (nSPS) is 23.6. The molecule has 1 saturated heterocycles. The molecule has 2 aliphatic rings. The fourth-order valence-corrected chi connectivity index (χ4v) is 3.54. The van der Waals surface area contributed by atoms with Gasteiger partial charge in [-0.25, -0.2) is 0 Å². The number of hydrogen-bond donors (Lipinski definition) is 2. The van der Waals surface area contributed by atoms with E-state index in [0.29, 0.717) is 12.5 Å². The van der Waals surface area contributed by atoms with Crippen LogP contribution in [-0.2, 0) is 11.3 Å². The molecule has 1 saturated carbocycles. The fraction of sp³-hybridized carbons (Fsp3) is 0.650. The lowest BCUT2D eigenvalue weighted by molar-refractivity contribution is -0.126. The minimum atomic E-state index is -0.298. The highest BCUT2D eigenvalue weighted by atomic mass is 16.3. The SMILES string of the molecule is CC(C(=O)NC1CCN(Cc2ccccc2)C1)N(C)CC(O)C1CC1. The van der Waals surface area contributed by atoms with E-state index in [-0.39, 0.29) is 24.1 Å². The van der Waals surface area contributed by atoms with Crippen LogP contribution in [-0.4, -0.2) is 65.7 Å². The number of benzene rings is 1. The van der Waals surface area contributed by atoms with Gasteiger partial charge in [0.1, 0.15) is 0 Å². The van der Waals surface area contributed by atoms with Gasteiger partial charge in [0.05, 0.1) is 12.1 Å². The highest BCUT2D eigenvalue weighted by molar-refractivity contribution is 5.81. The van der Waals surface area contributed by atoms with Crippen molar-refractivity contribution in [2.45, 2.75) is 50.9 Å². The summed E-state index contributed by atoms with van der Waals surface area (Å²) in [6.07, 6.45) is 2.94. The first-order valence-corrected chi connectivity index (χ1v) is 9.48. The number of rotatable bonds is 8. The van der Waals surface area contributed by atoms with Crippen molar-refractivity contribution >= 4 is 5.91 Å². The Labute approximate surface area is 151 Å². The minimum Gasteiger partial charge on any atom is -0.392 e. The first-order chi connectivity index (χ1) is 12.0. The van der Waals surface area contributed by atoms with E-state index in [1.165, 1.54) is 5.56 Å². The number of carbonyl (C=O) groups excluding carboxylic acids is 1. The average molecular weight is 345 g/mol. The number of aliphatic hydroxyl groups is 1. The second-order valence-corrected chi connectivity index (χ2v) is 7.74. The molecule has 1 aliphatic carbocycles. The van der Waals surface area contributed by atoms with Crippen molar-refractivity contribution in [3.8, 4) is 0 Å². The molecule has 1 heterocycles. The molecular weight excluding hydrogens is 314 g/mol. The standard InChI is InChI=1S/C20H31N3O2/c1-15(22(2)14-19(24)17-8-9-17)20(25)21-18-10-11-23(13-18)12-16-6-4-3-5-7-16/h3-7,15,17-19,24H,8-14H2,1-2H3,(H,21,25). The van der Waals surface area contributed by atoms with Crippen molar-refractivity contribution in [3.05, 3.63) is 35.9 Å². The highest BCUT2D eigenvalue weighted by Gasteiger charge is 2.32. The predicted molar refractivity (Wildman–Crippen MR) is 99.1 cm³/mol. The van der Waals surface area contributed by atoms with Crippen molar-refractivity contribution in [1.82, 2.24) is 15.1 Å². The summed E-state index contributed by atoms with van der Waals surface area (Å²) in [5.41, 5.74) is 1.32. The van der Waals surface area contributed by atoms with Gasteiger partial charge < -0.3 is 10.4 Å². The van der Waals surface area contributed by atoms with Crippen LogP contribution >= 0.6 is 0 Å². The monoisotopic (exact) mass is 345 g/mol. The first kappa shape index (κ1) is 18.4. The summed E-state index contributed by atoms with van der Waals surface area (Å²) in [5.74, 6) is 0.510. The van der Waals surface area contributed by atoms with E-state index in [2.05, 4.69) is 34.5 Å². The molecule has 5 nitrogen and oxygen atoms in total. The maximum atomic E-state index is 12.5. The second-order valence-electron chi connectivity index (χ2n) is 7.74. The summed E-state index contributed by atoms with van der Waals surface area (Å²) in [5, 5.41) is 13.3. The van der Waals surface area contributed by atoms with Crippen molar-refractivity contribution in [3.63, 3.8) is 0 Å². The van der Waals surface area contributed by atoms with Gasteiger partial charge in [-0.15, -0.1) is 0 Å². The van der Waals surface area contributed by atoms with Crippen LogP contribution < -0.4 is 5.32 Å². The van der Waals surface area contributed by atoms with Crippen LogP contribution in [0.4, 0.5) is 0 Å². The summed E-state index contributed by atoms with van der Waals surface area (Å²) in [7, 11) is 1.92. The fourth-order valence-electron chi connectivity index (χ4n) is 3.54. The number of aliphatic hydroxyl groups excluding tert-OH is 1. The number of nitrogens with one attached hydrogen (secondary N) is 1. The molecule has 2 N–H and O–H groups in total. The molecular formula is C20H31N3O2. The Bertz CT molecular complexity index is 561. The van der Waals surface area contributed by atoms with E-state index in [9.17, 15) is 9.90 Å². The maximum Gasteiger partial charge on any atom is 0.237 e. The molecule has 25 heavy (non-hydrogen) atoms. The lowest BCUT2D eigenvalue weighted by Gasteiger charge is -2.27. The van der Waals surface area contributed by atoms with Crippen molar-refractivity contribution in [2.75, 3.05) is 26.7 Å². The van der Waals surface area contributed by atoms with Gasteiger partial charge in [-0.3, -0.25) is 14.6 Å². The molecule has 1 aliphatic heterocycles. The Kier molecular flexibility index (Phi) is 6.10. The van der Waals surface area contributed by atoms with Crippen LogP contribution in [0.1, 0.15) is 31.7 Å². The van der Waals surface area contributed by atoms with Gasteiger partial charge in [-0.2, -0.15) is 0 Å². The summed E-state index contributed by atoms with van der Waals surface area (Å²) >= 11 is 0. The van der Waals surface area contributed by atoms with E-state index < -0.39 is 0 Å². The number of nitrogens with zero attached hydrogens (tertiary/aromatic N) is 2. The number of likely N-dealkylation sites (N-methyl/N-ethyl adjacent to an activating group) is 1. The van der Waals surface area contributed by atoms with E-state index in [1.807, 2.05) is 24.9 Å². The highest BCUT2D eigenvalue weighted by Crippen LogP contribution is 2.32. The molecule has 0 bridgehead atoms. The molecule has 1 aromatic carbocycles. The van der Waals surface area contributed by atoms with Crippen LogP contribution in [0.3, 0.4) is 0 Å². The molecule has 3 atom stereocenters. The molecule has 0 spiro atoms. The van der Waals surface area contributed by atoms with Gasteiger partial charge in [0, 0.05) is 32.2 Å². The lowest BCUT2D eigenvalue weighted by Crippen LogP contribution is -2.49. The van der Waals surface area contributed by atoms with Gasteiger partial charge in [-0.05, 0) is 44.7 Å². The summed E-state index contributed by atoms with van der Waals surface area (Å²) < 4.78 is 0. The molecule has 3 unspecified atom stereocenters. The average Bonchev–Trinajstić information content (AvgIpc) is 3.37. The van der Waals surface area contributed by atoms with Gasteiger partial charge in [0.15, 0.2) is 0 Å². The Morgan fingerprint density at radius 3 is 2.72 bits per heavy atom. The Morgan fingerprint density at radius 2 is 2.04 bits per heavy atom. The van der Waals surface area contributed by atoms with Gasteiger partial charge in [0.2, 0.25) is 5.91 Å². The lowest BCUT2D eigenvalue weighted by atomic mass is 10.1. The van der Waals surface area contributed by atoms with Gasteiger partial charge >= 0.3 is 0 Å². The Balaban J connectivity index is 1.41. The number of likely N-dealkylation sites (tertiary alicyclic amines) is 1.